The molecule has 0 atom stereocenters. The van der Waals surface area contributed by atoms with Gasteiger partial charge in [0.05, 0.1) is 23.6 Å². The fourth-order valence-corrected chi connectivity index (χ4v) is 2.65. The van der Waals surface area contributed by atoms with Crippen molar-refractivity contribution in [1.82, 2.24) is 15.0 Å². The van der Waals surface area contributed by atoms with E-state index in [1.807, 2.05) is 53.1 Å². The number of imidazole rings is 1. The van der Waals surface area contributed by atoms with Crippen LogP contribution in [0.4, 0.5) is 0 Å². The van der Waals surface area contributed by atoms with Gasteiger partial charge in [-0.3, -0.25) is 4.79 Å². The molecule has 0 unspecified atom stereocenters. The molecule has 3 aromatic rings. The maximum Gasteiger partial charge on any atom is 0.241 e. The molecule has 2 aromatic carbocycles. The normalized spacial score (nSPS) is 11.2. The second kappa shape index (κ2) is 7.19. The summed E-state index contributed by atoms with van der Waals surface area (Å²) in [6, 6.07) is 15.5. The van der Waals surface area contributed by atoms with E-state index in [4.69, 9.17) is 0 Å². The molecular formula is C17H15BrN4O. The van der Waals surface area contributed by atoms with Gasteiger partial charge in [-0.15, -0.1) is 0 Å². The molecule has 0 fully saturated rings. The van der Waals surface area contributed by atoms with Crippen LogP contribution in [0.2, 0.25) is 0 Å². The Morgan fingerprint density at radius 1 is 1.26 bits per heavy atom. The maximum atomic E-state index is 11.9. The van der Waals surface area contributed by atoms with E-state index < -0.39 is 0 Å². The molecule has 6 heteroatoms. The number of aromatic nitrogens is 2. The van der Waals surface area contributed by atoms with Crippen LogP contribution in [0.1, 0.15) is 12.0 Å². The van der Waals surface area contributed by atoms with Gasteiger partial charge in [0.25, 0.3) is 0 Å². The van der Waals surface area contributed by atoms with Crippen molar-refractivity contribution in [3.05, 3.63) is 64.9 Å². The first-order chi connectivity index (χ1) is 11.2. The number of para-hydroxylation sites is 2. The lowest BCUT2D eigenvalue weighted by molar-refractivity contribution is -0.121. The highest BCUT2D eigenvalue weighted by molar-refractivity contribution is 9.10. The van der Waals surface area contributed by atoms with Crippen LogP contribution >= 0.6 is 15.9 Å². The van der Waals surface area contributed by atoms with Crippen molar-refractivity contribution < 1.29 is 4.79 Å². The summed E-state index contributed by atoms with van der Waals surface area (Å²) in [5.41, 5.74) is 5.42. The number of hydrogen-bond donors (Lipinski definition) is 1. The Kier molecular flexibility index (Phi) is 4.83. The second-order valence-electron chi connectivity index (χ2n) is 5.02. The topological polar surface area (TPSA) is 59.3 Å². The van der Waals surface area contributed by atoms with Crippen molar-refractivity contribution in [3.8, 4) is 0 Å². The molecule has 0 bridgehead atoms. The Morgan fingerprint density at radius 2 is 2.13 bits per heavy atom. The molecular weight excluding hydrogens is 356 g/mol. The first-order valence-corrected chi connectivity index (χ1v) is 7.99. The number of carbonyl (C=O) groups is 1. The lowest BCUT2D eigenvalue weighted by Crippen LogP contribution is -2.19. The first kappa shape index (κ1) is 15.4. The zero-order valence-electron chi connectivity index (χ0n) is 12.3. The van der Waals surface area contributed by atoms with Gasteiger partial charge in [-0.05, 0) is 29.8 Å². The van der Waals surface area contributed by atoms with Gasteiger partial charge in [0.15, 0.2) is 0 Å². The van der Waals surface area contributed by atoms with Crippen molar-refractivity contribution in [2.45, 2.75) is 13.0 Å². The summed E-state index contributed by atoms with van der Waals surface area (Å²) in [7, 11) is 0. The molecule has 3 rings (SSSR count). The number of fused-ring (bicyclic) bond motifs is 1. The monoisotopic (exact) mass is 370 g/mol. The summed E-state index contributed by atoms with van der Waals surface area (Å²) < 4.78 is 2.94. The molecule has 1 amide bonds. The minimum Gasteiger partial charge on any atom is -0.330 e. The zero-order chi connectivity index (χ0) is 16.1. The SMILES string of the molecule is O=C(CCn1cnc2ccccc21)N/N=C\c1cccc(Br)c1. The van der Waals surface area contributed by atoms with Crippen molar-refractivity contribution in [1.29, 1.82) is 0 Å². The third-order valence-electron chi connectivity index (χ3n) is 3.36. The molecule has 0 spiro atoms. The Hall–Kier alpha value is -2.47. The first-order valence-electron chi connectivity index (χ1n) is 7.20. The van der Waals surface area contributed by atoms with Crippen LogP contribution in [-0.4, -0.2) is 21.7 Å². The number of hydrazone groups is 1. The van der Waals surface area contributed by atoms with Crippen LogP contribution in [0.25, 0.3) is 11.0 Å². The minimum absolute atomic E-state index is 0.131. The average molecular weight is 371 g/mol. The van der Waals surface area contributed by atoms with Gasteiger partial charge in [-0.25, -0.2) is 10.4 Å². The van der Waals surface area contributed by atoms with E-state index in [1.54, 1.807) is 12.5 Å². The van der Waals surface area contributed by atoms with Gasteiger partial charge >= 0.3 is 0 Å². The quantitative estimate of drug-likeness (QED) is 0.553. The van der Waals surface area contributed by atoms with Crippen molar-refractivity contribution in [3.63, 3.8) is 0 Å². The Labute approximate surface area is 142 Å². The fraction of sp³-hybridized carbons (Fsp3) is 0.118. The highest BCUT2D eigenvalue weighted by Crippen LogP contribution is 2.12. The van der Waals surface area contributed by atoms with Crippen LogP contribution in [0.5, 0.6) is 0 Å². The number of carbonyl (C=O) groups excluding carboxylic acids is 1. The second-order valence-corrected chi connectivity index (χ2v) is 5.94. The molecule has 0 saturated carbocycles. The van der Waals surface area contributed by atoms with E-state index >= 15 is 0 Å². The van der Waals surface area contributed by atoms with Crippen LogP contribution < -0.4 is 5.43 Å². The summed E-state index contributed by atoms with van der Waals surface area (Å²) >= 11 is 3.39. The number of halogens is 1. The molecule has 0 aliphatic carbocycles. The molecule has 1 heterocycles. The third-order valence-corrected chi connectivity index (χ3v) is 3.85. The fourth-order valence-electron chi connectivity index (χ4n) is 2.23. The Balaban J connectivity index is 1.54. The van der Waals surface area contributed by atoms with Crippen LogP contribution in [-0.2, 0) is 11.3 Å². The molecule has 1 N–H and O–H groups in total. The highest BCUT2D eigenvalue weighted by atomic mass is 79.9. The standard InChI is InChI=1S/C17H15BrN4O/c18-14-5-3-4-13(10-14)11-20-21-17(23)8-9-22-12-19-15-6-1-2-7-16(15)22/h1-7,10-12H,8-9H2,(H,21,23)/b20-11-. The zero-order valence-corrected chi connectivity index (χ0v) is 13.9. The van der Waals surface area contributed by atoms with E-state index in [-0.39, 0.29) is 5.91 Å². The Bertz CT molecular complexity index is 856. The summed E-state index contributed by atoms with van der Waals surface area (Å²) in [5.74, 6) is -0.131. The largest absolute Gasteiger partial charge is 0.330 e. The predicted octanol–water partition coefficient (Wildman–Crippen LogP) is 3.34. The lowest BCUT2D eigenvalue weighted by Gasteiger charge is -2.03. The van der Waals surface area contributed by atoms with Gasteiger partial charge < -0.3 is 4.57 Å². The van der Waals surface area contributed by atoms with Gasteiger partial charge in [0.2, 0.25) is 5.91 Å². The average Bonchev–Trinajstić information content (AvgIpc) is 2.96. The van der Waals surface area contributed by atoms with Gasteiger partial charge in [-0.1, -0.05) is 40.2 Å². The number of benzene rings is 2. The van der Waals surface area contributed by atoms with Crippen LogP contribution in [0, 0.1) is 0 Å². The van der Waals surface area contributed by atoms with E-state index in [0.717, 1.165) is 21.1 Å². The van der Waals surface area contributed by atoms with E-state index in [1.165, 1.54) is 0 Å². The number of nitrogens with zero attached hydrogens (tertiary/aromatic N) is 3. The van der Waals surface area contributed by atoms with Crippen molar-refractivity contribution in [2.24, 2.45) is 5.10 Å². The molecule has 23 heavy (non-hydrogen) atoms. The lowest BCUT2D eigenvalue weighted by atomic mass is 10.2. The molecule has 0 saturated heterocycles. The Morgan fingerprint density at radius 3 is 3.00 bits per heavy atom. The maximum absolute atomic E-state index is 11.9. The molecule has 0 aliphatic heterocycles. The molecule has 0 aliphatic rings. The number of rotatable bonds is 5. The number of amides is 1. The molecule has 116 valence electrons. The number of nitrogens with one attached hydrogen (secondary N) is 1. The summed E-state index contributed by atoms with van der Waals surface area (Å²) in [6.45, 7) is 0.568. The van der Waals surface area contributed by atoms with Crippen LogP contribution in [0.15, 0.2) is 64.4 Å². The molecule has 5 nitrogen and oxygen atoms in total. The smallest absolute Gasteiger partial charge is 0.241 e. The van der Waals surface area contributed by atoms with Crippen molar-refractivity contribution >= 4 is 39.1 Å². The van der Waals surface area contributed by atoms with Gasteiger partial charge in [0, 0.05) is 17.4 Å². The third kappa shape index (κ3) is 4.04. The van der Waals surface area contributed by atoms with E-state index in [0.29, 0.717) is 13.0 Å². The molecule has 0 radical (unpaired) electrons. The highest BCUT2D eigenvalue weighted by Gasteiger charge is 2.04. The summed E-state index contributed by atoms with van der Waals surface area (Å²) in [4.78, 5) is 16.2. The van der Waals surface area contributed by atoms with E-state index in [2.05, 4.69) is 31.4 Å². The predicted molar refractivity (Wildman–Crippen MR) is 94.2 cm³/mol. The van der Waals surface area contributed by atoms with E-state index in [9.17, 15) is 4.79 Å². The number of aryl methyl sites for hydroxylation is 1. The summed E-state index contributed by atoms with van der Waals surface area (Å²) in [6.07, 6.45) is 3.72. The molecule has 1 aromatic heterocycles. The minimum atomic E-state index is -0.131. The van der Waals surface area contributed by atoms with Crippen LogP contribution in [0.3, 0.4) is 0 Å². The number of hydrogen-bond acceptors (Lipinski definition) is 3. The van der Waals surface area contributed by atoms with Gasteiger partial charge in [0.1, 0.15) is 0 Å². The van der Waals surface area contributed by atoms with Crippen molar-refractivity contribution in [2.75, 3.05) is 0 Å². The summed E-state index contributed by atoms with van der Waals surface area (Å²) in [5, 5.41) is 3.97. The van der Waals surface area contributed by atoms with Gasteiger partial charge in [-0.2, -0.15) is 5.10 Å².